The minimum absolute atomic E-state index is 0. The Morgan fingerprint density at radius 3 is 1.35 bits per heavy atom. The van der Waals surface area contributed by atoms with E-state index in [1.165, 1.54) is 108 Å². The molecule has 0 atom stereocenters. The number of halogens is 1. The first kappa shape index (κ1) is 25.3. The molecule has 0 aromatic heterocycles. The largest absolute Gasteiger partial charge is 0.385 e. The molecule has 1 rings (SSSR count). The lowest BCUT2D eigenvalue weighted by molar-refractivity contribution is 0.530. The quantitative estimate of drug-likeness (QED) is 0.250. The zero-order valence-corrected chi connectivity index (χ0v) is 18.1. The maximum atomic E-state index is 3.49. The first-order chi connectivity index (χ1) is 12.4. The zero-order valence-electron chi connectivity index (χ0n) is 17.3. The van der Waals surface area contributed by atoms with Crippen LogP contribution in [0.4, 0.5) is 5.69 Å². The fourth-order valence-corrected chi connectivity index (χ4v) is 3.46. The molecule has 0 amide bonds. The van der Waals surface area contributed by atoms with Crippen LogP contribution in [0, 0.1) is 0 Å². The summed E-state index contributed by atoms with van der Waals surface area (Å²) < 4.78 is 0. The Morgan fingerprint density at radius 1 is 0.538 bits per heavy atom. The van der Waals surface area contributed by atoms with Crippen LogP contribution in [0.25, 0.3) is 0 Å². The number of anilines is 1. The van der Waals surface area contributed by atoms with Crippen molar-refractivity contribution in [2.24, 2.45) is 0 Å². The Bertz CT molecular complexity index is 366. The Hall–Kier alpha value is -0.690. The summed E-state index contributed by atoms with van der Waals surface area (Å²) in [5.74, 6) is 0. The Balaban J connectivity index is 0.00000625. The molecule has 0 saturated heterocycles. The van der Waals surface area contributed by atoms with Crippen LogP contribution < -0.4 is 5.32 Å². The normalized spacial score (nSPS) is 10.5. The monoisotopic (exact) mass is 381 g/mol. The van der Waals surface area contributed by atoms with E-state index in [9.17, 15) is 0 Å². The van der Waals surface area contributed by atoms with Gasteiger partial charge < -0.3 is 5.32 Å². The van der Waals surface area contributed by atoms with E-state index < -0.39 is 0 Å². The van der Waals surface area contributed by atoms with Gasteiger partial charge >= 0.3 is 0 Å². The Morgan fingerprint density at radius 2 is 0.923 bits per heavy atom. The van der Waals surface area contributed by atoms with E-state index in [0.717, 1.165) is 6.54 Å². The van der Waals surface area contributed by atoms with Crippen LogP contribution in [-0.4, -0.2) is 6.54 Å². The van der Waals surface area contributed by atoms with Gasteiger partial charge in [-0.15, -0.1) is 12.4 Å². The third kappa shape index (κ3) is 16.8. The number of unbranched alkanes of at least 4 members (excludes halogenated alkanes) is 15. The molecule has 0 aliphatic carbocycles. The summed E-state index contributed by atoms with van der Waals surface area (Å²) in [6.45, 7) is 3.41. The van der Waals surface area contributed by atoms with Crippen LogP contribution >= 0.6 is 12.4 Å². The second kappa shape index (κ2) is 20.6. The molecule has 0 saturated carbocycles. The van der Waals surface area contributed by atoms with Crippen LogP contribution in [0.1, 0.15) is 110 Å². The van der Waals surface area contributed by atoms with Gasteiger partial charge in [-0.25, -0.2) is 0 Å². The van der Waals surface area contributed by atoms with Crippen LogP contribution in [0.15, 0.2) is 30.3 Å². The van der Waals surface area contributed by atoms with Crippen molar-refractivity contribution in [3.63, 3.8) is 0 Å². The lowest BCUT2D eigenvalue weighted by atomic mass is 10.0. The first-order valence-corrected chi connectivity index (χ1v) is 11.2. The zero-order chi connectivity index (χ0) is 17.8. The van der Waals surface area contributed by atoms with Gasteiger partial charge in [0.05, 0.1) is 0 Å². The van der Waals surface area contributed by atoms with E-state index >= 15 is 0 Å². The van der Waals surface area contributed by atoms with Gasteiger partial charge in [0.25, 0.3) is 0 Å². The Labute approximate surface area is 170 Å². The molecular weight excluding hydrogens is 338 g/mol. The Kier molecular flexibility index (Phi) is 20.1. The van der Waals surface area contributed by atoms with Gasteiger partial charge in [-0.3, -0.25) is 0 Å². The summed E-state index contributed by atoms with van der Waals surface area (Å²) in [7, 11) is 0. The number of benzene rings is 1. The molecule has 0 radical (unpaired) electrons. The third-order valence-corrected chi connectivity index (χ3v) is 5.13. The van der Waals surface area contributed by atoms with Crippen molar-refractivity contribution in [2.45, 2.75) is 110 Å². The van der Waals surface area contributed by atoms with E-state index in [1.807, 2.05) is 0 Å². The molecule has 0 fully saturated rings. The highest BCUT2D eigenvalue weighted by atomic mass is 35.5. The summed E-state index contributed by atoms with van der Waals surface area (Å²) >= 11 is 0. The topological polar surface area (TPSA) is 12.0 Å². The smallest absolute Gasteiger partial charge is 0.0340 e. The van der Waals surface area contributed by atoms with Crippen LogP contribution in [0.5, 0.6) is 0 Å². The van der Waals surface area contributed by atoms with E-state index in [1.54, 1.807) is 0 Å². The van der Waals surface area contributed by atoms with Crippen LogP contribution in [0.3, 0.4) is 0 Å². The van der Waals surface area contributed by atoms with Gasteiger partial charge in [0, 0.05) is 12.2 Å². The van der Waals surface area contributed by atoms with Gasteiger partial charge in [-0.1, -0.05) is 121 Å². The standard InChI is InChI=1S/C24H43N.ClH/c1-2-3-4-5-6-7-8-9-10-11-12-13-14-15-16-20-23-25-24-21-18-17-19-22-24;/h17-19,21-22,25H,2-16,20,23H2,1H3;1H. The molecule has 2 heteroatoms. The maximum Gasteiger partial charge on any atom is 0.0340 e. The SMILES string of the molecule is CCCCCCCCCCCCCCCCCCNc1ccccc1.Cl. The summed E-state index contributed by atoms with van der Waals surface area (Å²) in [6, 6.07) is 10.5. The van der Waals surface area contributed by atoms with Crippen molar-refractivity contribution in [2.75, 3.05) is 11.9 Å². The second-order valence-electron chi connectivity index (χ2n) is 7.60. The molecule has 1 nitrogen and oxygen atoms in total. The summed E-state index contributed by atoms with van der Waals surface area (Å²) in [6.07, 6.45) is 23.0. The predicted octanol–water partition coefficient (Wildman–Crippen LogP) is 8.78. The van der Waals surface area contributed by atoms with E-state index in [0.29, 0.717) is 0 Å². The molecular formula is C24H44ClN. The molecule has 0 bridgehead atoms. The number of hydrogen-bond acceptors (Lipinski definition) is 1. The maximum absolute atomic E-state index is 3.49. The van der Waals surface area contributed by atoms with Crippen molar-refractivity contribution >= 4 is 18.1 Å². The fraction of sp³-hybridized carbons (Fsp3) is 0.750. The first-order valence-electron chi connectivity index (χ1n) is 11.2. The van der Waals surface area contributed by atoms with Crippen molar-refractivity contribution in [1.29, 1.82) is 0 Å². The second-order valence-corrected chi connectivity index (χ2v) is 7.60. The van der Waals surface area contributed by atoms with Crippen molar-refractivity contribution in [3.8, 4) is 0 Å². The number of rotatable bonds is 18. The summed E-state index contributed by atoms with van der Waals surface area (Å²) in [5, 5.41) is 3.49. The highest BCUT2D eigenvalue weighted by Crippen LogP contribution is 2.14. The average molecular weight is 382 g/mol. The van der Waals surface area contributed by atoms with Gasteiger partial charge in [0.2, 0.25) is 0 Å². The number of hydrogen-bond donors (Lipinski definition) is 1. The van der Waals surface area contributed by atoms with Crippen molar-refractivity contribution in [1.82, 2.24) is 0 Å². The molecule has 0 unspecified atom stereocenters. The highest BCUT2D eigenvalue weighted by molar-refractivity contribution is 5.85. The minimum Gasteiger partial charge on any atom is -0.385 e. The van der Waals surface area contributed by atoms with Crippen molar-refractivity contribution in [3.05, 3.63) is 30.3 Å². The molecule has 0 aliphatic rings. The van der Waals surface area contributed by atoms with Gasteiger partial charge in [0.1, 0.15) is 0 Å². The summed E-state index contributed by atoms with van der Waals surface area (Å²) in [5.41, 5.74) is 1.25. The van der Waals surface area contributed by atoms with Gasteiger partial charge in [0.15, 0.2) is 0 Å². The molecule has 0 aliphatic heterocycles. The molecule has 0 spiro atoms. The van der Waals surface area contributed by atoms with Crippen molar-refractivity contribution < 1.29 is 0 Å². The third-order valence-electron chi connectivity index (χ3n) is 5.13. The molecule has 1 aromatic carbocycles. The van der Waals surface area contributed by atoms with Crippen LogP contribution in [-0.2, 0) is 0 Å². The lowest BCUT2D eigenvalue weighted by Crippen LogP contribution is -2.00. The predicted molar refractivity (Wildman–Crippen MR) is 122 cm³/mol. The fourth-order valence-electron chi connectivity index (χ4n) is 3.46. The van der Waals surface area contributed by atoms with Crippen LogP contribution in [0.2, 0.25) is 0 Å². The van der Waals surface area contributed by atoms with E-state index in [-0.39, 0.29) is 12.4 Å². The van der Waals surface area contributed by atoms with E-state index in [2.05, 4.69) is 42.6 Å². The highest BCUT2D eigenvalue weighted by Gasteiger charge is 1.95. The lowest BCUT2D eigenvalue weighted by Gasteiger charge is -2.06. The molecule has 1 N–H and O–H groups in total. The summed E-state index contributed by atoms with van der Waals surface area (Å²) in [4.78, 5) is 0. The van der Waals surface area contributed by atoms with Gasteiger partial charge in [-0.05, 0) is 18.6 Å². The molecule has 0 heterocycles. The number of nitrogens with one attached hydrogen (secondary N) is 1. The number of para-hydroxylation sites is 1. The average Bonchev–Trinajstić information content (AvgIpc) is 2.65. The molecule has 1 aromatic rings. The minimum atomic E-state index is 0. The van der Waals surface area contributed by atoms with E-state index in [4.69, 9.17) is 0 Å². The molecule has 26 heavy (non-hydrogen) atoms. The van der Waals surface area contributed by atoms with Gasteiger partial charge in [-0.2, -0.15) is 0 Å². The molecule has 152 valence electrons.